The van der Waals surface area contributed by atoms with Crippen molar-refractivity contribution in [1.29, 1.82) is 0 Å². The molecule has 0 aromatic carbocycles. The summed E-state index contributed by atoms with van der Waals surface area (Å²) < 4.78 is 34.0. The van der Waals surface area contributed by atoms with Crippen LogP contribution < -0.4 is 5.32 Å². The Morgan fingerprint density at radius 3 is 2.56 bits per heavy atom. The maximum atomic E-state index is 12.6. The maximum absolute atomic E-state index is 12.6. The van der Waals surface area contributed by atoms with E-state index in [1.54, 1.807) is 25.5 Å². The first-order chi connectivity index (χ1) is 12.9. The Bertz CT molecular complexity index is 705. The molecule has 1 aliphatic rings. The fourth-order valence-corrected chi connectivity index (χ4v) is 4.99. The van der Waals surface area contributed by atoms with E-state index in [0.717, 1.165) is 19.3 Å². The second-order valence-electron chi connectivity index (χ2n) is 7.00. The third-order valence-corrected chi connectivity index (χ3v) is 7.08. The average Bonchev–Trinajstić information content (AvgIpc) is 3.05. The van der Waals surface area contributed by atoms with Gasteiger partial charge in [-0.15, -0.1) is 0 Å². The zero-order valence-electron chi connectivity index (χ0n) is 16.7. The van der Waals surface area contributed by atoms with Gasteiger partial charge in [-0.05, 0) is 25.3 Å². The normalized spacial score (nSPS) is 16.0. The molecule has 8 heteroatoms. The van der Waals surface area contributed by atoms with Crippen LogP contribution in [0.25, 0.3) is 0 Å². The summed E-state index contributed by atoms with van der Waals surface area (Å²) in [6.07, 6.45) is 8.68. The van der Waals surface area contributed by atoms with Gasteiger partial charge in [-0.2, -0.15) is 4.31 Å². The number of rotatable bonds is 10. The molecule has 2 rings (SSSR count). The smallest absolute Gasteiger partial charge is 0.267 e. The van der Waals surface area contributed by atoms with Crippen LogP contribution in [0.4, 0.5) is 0 Å². The van der Waals surface area contributed by atoms with Gasteiger partial charge in [0.1, 0.15) is 10.6 Å². The summed E-state index contributed by atoms with van der Waals surface area (Å²) in [5, 5.41) is 2.85. The van der Waals surface area contributed by atoms with Gasteiger partial charge in [0.05, 0.1) is 6.10 Å². The van der Waals surface area contributed by atoms with E-state index in [1.165, 1.54) is 35.8 Å². The molecule has 0 spiro atoms. The highest BCUT2D eigenvalue weighted by Crippen LogP contribution is 2.20. The van der Waals surface area contributed by atoms with Crippen molar-refractivity contribution < 1.29 is 17.9 Å². The van der Waals surface area contributed by atoms with Crippen LogP contribution in [-0.4, -0.2) is 55.5 Å². The number of hydrogen-bond donors (Lipinski definition) is 1. The van der Waals surface area contributed by atoms with E-state index in [4.69, 9.17) is 4.74 Å². The van der Waals surface area contributed by atoms with Crippen molar-refractivity contribution in [1.82, 2.24) is 14.2 Å². The summed E-state index contributed by atoms with van der Waals surface area (Å²) >= 11 is 0. The number of aryl methyl sites for hydroxylation is 1. The minimum Gasteiger partial charge on any atom is -0.378 e. The highest BCUT2D eigenvalue weighted by atomic mass is 32.2. The monoisotopic (exact) mass is 399 g/mol. The minimum atomic E-state index is -3.57. The molecule has 154 valence electrons. The Morgan fingerprint density at radius 1 is 1.26 bits per heavy atom. The zero-order valence-corrected chi connectivity index (χ0v) is 17.6. The van der Waals surface area contributed by atoms with Crippen molar-refractivity contribution in [3.63, 3.8) is 0 Å². The molecule has 1 fully saturated rings. The molecule has 1 aromatic rings. The SMILES string of the molecule is CCN(CC)S(=O)(=O)c1cc(C(=O)NCCCOC2CCCCC2)n(C)c1. The zero-order chi connectivity index (χ0) is 19.9. The summed E-state index contributed by atoms with van der Waals surface area (Å²) in [7, 11) is -1.88. The Balaban J connectivity index is 1.85. The molecular formula is C19H33N3O4S. The summed E-state index contributed by atoms with van der Waals surface area (Å²) in [6, 6.07) is 1.45. The van der Waals surface area contributed by atoms with Gasteiger partial charge in [0, 0.05) is 39.5 Å². The molecule has 1 amide bonds. The Morgan fingerprint density at radius 2 is 1.93 bits per heavy atom. The third-order valence-electron chi connectivity index (χ3n) is 5.07. The molecule has 0 atom stereocenters. The van der Waals surface area contributed by atoms with Crippen molar-refractivity contribution >= 4 is 15.9 Å². The lowest BCUT2D eigenvalue weighted by Gasteiger charge is -2.21. The standard InChI is InChI=1S/C19H33N3O4S/c1-4-22(5-2)27(24,25)17-14-18(21(3)15-17)19(23)20-12-9-13-26-16-10-7-6-8-11-16/h14-16H,4-13H2,1-3H3,(H,20,23). The number of hydrogen-bond acceptors (Lipinski definition) is 4. The van der Waals surface area contributed by atoms with Crippen LogP contribution in [0.5, 0.6) is 0 Å². The van der Waals surface area contributed by atoms with E-state index in [0.29, 0.717) is 38.0 Å². The van der Waals surface area contributed by atoms with E-state index in [-0.39, 0.29) is 10.8 Å². The lowest BCUT2D eigenvalue weighted by atomic mass is 9.98. The Kier molecular flexibility index (Phi) is 8.31. The molecular weight excluding hydrogens is 366 g/mol. The van der Waals surface area contributed by atoms with Gasteiger partial charge in [0.2, 0.25) is 10.0 Å². The molecule has 1 N–H and O–H groups in total. The van der Waals surface area contributed by atoms with Crippen molar-refractivity contribution in [2.45, 2.75) is 63.4 Å². The molecule has 0 unspecified atom stereocenters. The van der Waals surface area contributed by atoms with E-state index in [9.17, 15) is 13.2 Å². The maximum Gasteiger partial charge on any atom is 0.267 e. The molecule has 0 aliphatic heterocycles. The van der Waals surface area contributed by atoms with Crippen LogP contribution >= 0.6 is 0 Å². The number of amides is 1. The predicted molar refractivity (Wildman–Crippen MR) is 105 cm³/mol. The first-order valence-electron chi connectivity index (χ1n) is 9.96. The lowest BCUT2D eigenvalue weighted by molar-refractivity contribution is 0.0273. The third kappa shape index (κ3) is 5.80. The Labute approximate surface area is 163 Å². The van der Waals surface area contributed by atoms with Gasteiger partial charge >= 0.3 is 0 Å². The highest BCUT2D eigenvalue weighted by molar-refractivity contribution is 7.89. The number of sulfonamides is 1. The first kappa shape index (κ1) is 21.9. The van der Waals surface area contributed by atoms with Gasteiger partial charge < -0.3 is 14.6 Å². The number of carbonyl (C=O) groups is 1. The number of aromatic nitrogens is 1. The summed E-state index contributed by atoms with van der Waals surface area (Å²) in [6.45, 7) is 5.54. The van der Waals surface area contributed by atoms with Gasteiger partial charge in [0.25, 0.3) is 5.91 Å². The number of nitrogens with zero attached hydrogens (tertiary/aromatic N) is 2. The largest absolute Gasteiger partial charge is 0.378 e. The van der Waals surface area contributed by atoms with Crippen LogP contribution in [0, 0.1) is 0 Å². The molecule has 1 aliphatic carbocycles. The van der Waals surface area contributed by atoms with Crippen molar-refractivity contribution in [3.05, 3.63) is 18.0 Å². The minimum absolute atomic E-state index is 0.152. The molecule has 0 radical (unpaired) electrons. The van der Waals surface area contributed by atoms with E-state index in [1.807, 2.05) is 0 Å². The van der Waals surface area contributed by atoms with Crippen LogP contribution in [-0.2, 0) is 21.8 Å². The van der Waals surface area contributed by atoms with Crippen LogP contribution in [0.15, 0.2) is 17.2 Å². The summed E-state index contributed by atoms with van der Waals surface area (Å²) in [4.78, 5) is 12.6. The molecule has 7 nitrogen and oxygen atoms in total. The summed E-state index contributed by atoms with van der Waals surface area (Å²) in [5.41, 5.74) is 0.342. The second-order valence-corrected chi connectivity index (χ2v) is 8.94. The molecule has 1 saturated carbocycles. The number of nitrogens with one attached hydrogen (secondary N) is 1. The molecule has 1 aromatic heterocycles. The molecule has 0 saturated heterocycles. The molecule has 1 heterocycles. The van der Waals surface area contributed by atoms with Crippen LogP contribution in [0.2, 0.25) is 0 Å². The fourth-order valence-electron chi connectivity index (χ4n) is 3.46. The van der Waals surface area contributed by atoms with Crippen molar-refractivity contribution in [2.24, 2.45) is 7.05 Å². The summed E-state index contributed by atoms with van der Waals surface area (Å²) in [5.74, 6) is -0.267. The highest BCUT2D eigenvalue weighted by Gasteiger charge is 2.25. The van der Waals surface area contributed by atoms with Crippen LogP contribution in [0.1, 0.15) is 62.9 Å². The Hall–Kier alpha value is -1.38. The topological polar surface area (TPSA) is 80.6 Å². The first-order valence-corrected chi connectivity index (χ1v) is 11.4. The van der Waals surface area contributed by atoms with Crippen molar-refractivity contribution in [3.8, 4) is 0 Å². The number of ether oxygens (including phenoxy) is 1. The van der Waals surface area contributed by atoms with E-state index in [2.05, 4.69) is 5.32 Å². The van der Waals surface area contributed by atoms with Crippen molar-refractivity contribution in [2.75, 3.05) is 26.2 Å². The number of carbonyl (C=O) groups excluding carboxylic acids is 1. The molecule has 27 heavy (non-hydrogen) atoms. The average molecular weight is 400 g/mol. The van der Waals surface area contributed by atoms with E-state index < -0.39 is 10.0 Å². The predicted octanol–water partition coefficient (Wildman–Crippen LogP) is 2.52. The fraction of sp³-hybridized carbons (Fsp3) is 0.737. The van der Waals surface area contributed by atoms with Gasteiger partial charge in [-0.3, -0.25) is 4.79 Å². The van der Waals surface area contributed by atoms with Gasteiger partial charge in [-0.25, -0.2) is 8.42 Å². The second kappa shape index (κ2) is 10.2. The van der Waals surface area contributed by atoms with Crippen LogP contribution in [0.3, 0.4) is 0 Å². The quantitative estimate of drug-likeness (QED) is 0.613. The lowest BCUT2D eigenvalue weighted by Crippen LogP contribution is -2.30. The van der Waals surface area contributed by atoms with Gasteiger partial charge in [0.15, 0.2) is 0 Å². The van der Waals surface area contributed by atoms with E-state index >= 15 is 0 Å². The molecule has 0 bridgehead atoms. The van der Waals surface area contributed by atoms with Gasteiger partial charge in [-0.1, -0.05) is 33.1 Å².